The molecule has 0 saturated carbocycles. The number of nitrogens with zero attached hydrogens (tertiary/aromatic N) is 2. The van der Waals surface area contributed by atoms with Gasteiger partial charge in [-0.25, -0.2) is 0 Å². The molecule has 0 aliphatic carbocycles. The zero-order valence-electron chi connectivity index (χ0n) is 11.2. The summed E-state index contributed by atoms with van der Waals surface area (Å²) in [6, 6.07) is 1.31. The van der Waals surface area contributed by atoms with Crippen molar-refractivity contribution < 1.29 is 0 Å². The van der Waals surface area contributed by atoms with Crippen molar-refractivity contribution in [2.45, 2.75) is 39.7 Å². The third-order valence-corrected chi connectivity index (χ3v) is 8.52. The van der Waals surface area contributed by atoms with Crippen molar-refractivity contribution in [3.8, 4) is 0 Å². The summed E-state index contributed by atoms with van der Waals surface area (Å²) in [7, 11) is 2.92. The zero-order valence-corrected chi connectivity index (χ0v) is 12.2. The Balaban J connectivity index is 4.82. The van der Waals surface area contributed by atoms with E-state index >= 15 is 0 Å². The van der Waals surface area contributed by atoms with E-state index in [0.717, 1.165) is 13.1 Å². The smallest absolute Gasteiger partial charge is 0.231 e. The zero-order chi connectivity index (χ0) is 11.9. The van der Waals surface area contributed by atoms with Crippen LogP contribution in [0.25, 0.3) is 0 Å². The molecule has 0 radical (unpaired) electrons. The monoisotopic (exact) mass is 228 g/mol. The van der Waals surface area contributed by atoms with Crippen molar-refractivity contribution in [1.82, 2.24) is 9.13 Å². The third kappa shape index (κ3) is 3.43. The first-order valence-electron chi connectivity index (χ1n) is 6.15. The molecule has 0 aliphatic rings. The fourth-order valence-electron chi connectivity index (χ4n) is 2.07. The van der Waals surface area contributed by atoms with E-state index in [0.29, 0.717) is 0 Å². The van der Waals surface area contributed by atoms with Crippen LogP contribution in [0.4, 0.5) is 0 Å². The molecule has 0 atom stereocenters. The SMILES string of the molecule is C=C[Si](CCCC)(N(C)CC)N(C)CC. The molecule has 0 N–H and O–H groups in total. The minimum Gasteiger partial charge on any atom is -0.312 e. The van der Waals surface area contributed by atoms with Gasteiger partial charge in [0.2, 0.25) is 8.40 Å². The highest BCUT2D eigenvalue weighted by atomic mass is 28.3. The van der Waals surface area contributed by atoms with Crippen molar-refractivity contribution >= 4 is 8.40 Å². The van der Waals surface area contributed by atoms with Gasteiger partial charge in [-0.1, -0.05) is 39.3 Å². The molecule has 0 aromatic heterocycles. The standard InChI is InChI=1S/C12H28N2Si/c1-7-11-12-15(10-4,13(5)8-2)14(6)9-3/h10H,4,7-9,11-12H2,1-3,5-6H3. The van der Waals surface area contributed by atoms with Crippen LogP contribution < -0.4 is 0 Å². The Morgan fingerprint density at radius 2 is 1.53 bits per heavy atom. The highest BCUT2D eigenvalue weighted by Crippen LogP contribution is 2.21. The van der Waals surface area contributed by atoms with Crippen LogP contribution in [0.15, 0.2) is 12.3 Å². The van der Waals surface area contributed by atoms with Gasteiger partial charge in [0.05, 0.1) is 0 Å². The van der Waals surface area contributed by atoms with Gasteiger partial charge in [-0.15, -0.1) is 6.58 Å². The van der Waals surface area contributed by atoms with Crippen LogP contribution in [0.1, 0.15) is 33.6 Å². The molecule has 0 amide bonds. The number of hydrogen-bond donors (Lipinski definition) is 0. The van der Waals surface area contributed by atoms with Gasteiger partial charge in [-0.3, -0.25) is 0 Å². The molecule has 0 spiro atoms. The second-order valence-corrected chi connectivity index (χ2v) is 8.41. The Morgan fingerprint density at radius 1 is 1.07 bits per heavy atom. The van der Waals surface area contributed by atoms with Gasteiger partial charge < -0.3 is 9.13 Å². The van der Waals surface area contributed by atoms with Crippen molar-refractivity contribution in [1.29, 1.82) is 0 Å². The van der Waals surface area contributed by atoms with Crippen LogP contribution in [0.2, 0.25) is 6.04 Å². The molecule has 0 unspecified atom stereocenters. The molecule has 0 aliphatic heterocycles. The lowest BCUT2D eigenvalue weighted by Gasteiger charge is -2.43. The maximum absolute atomic E-state index is 4.10. The lowest BCUT2D eigenvalue weighted by molar-refractivity contribution is 0.417. The predicted molar refractivity (Wildman–Crippen MR) is 72.3 cm³/mol. The Labute approximate surface area is 97.1 Å². The van der Waals surface area contributed by atoms with Gasteiger partial charge in [-0.05, 0) is 33.2 Å². The van der Waals surface area contributed by atoms with Crippen molar-refractivity contribution in [3.63, 3.8) is 0 Å². The average Bonchev–Trinajstić information content (AvgIpc) is 2.29. The van der Waals surface area contributed by atoms with E-state index < -0.39 is 8.40 Å². The van der Waals surface area contributed by atoms with Gasteiger partial charge in [0.15, 0.2) is 0 Å². The summed E-state index contributed by atoms with van der Waals surface area (Å²) in [5, 5.41) is 0. The van der Waals surface area contributed by atoms with Crippen LogP contribution in [0.5, 0.6) is 0 Å². The molecular weight excluding hydrogens is 200 g/mol. The Kier molecular flexibility index (Phi) is 7.14. The summed E-state index contributed by atoms with van der Waals surface area (Å²) < 4.78 is 5.05. The van der Waals surface area contributed by atoms with Crippen LogP contribution in [-0.4, -0.2) is 44.7 Å². The summed E-state index contributed by atoms with van der Waals surface area (Å²) in [5.74, 6) is 0. The number of unbranched alkanes of at least 4 members (excludes halogenated alkanes) is 1. The van der Waals surface area contributed by atoms with E-state index in [-0.39, 0.29) is 0 Å². The largest absolute Gasteiger partial charge is 0.312 e. The second kappa shape index (κ2) is 7.20. The molecule has 0 aromatic carbocycles. The molecule has 0 rings (SSSR count). The molecule has 0 saturated heterocycles. The van der Waals surface area contributed by atoms with E-state index in [1.165, 1.54) is 18.9 Å². The van der Waals surface area contributed by atoms with E-state index in [1.54, 1.807) is 0 Å². The second-order valence-electron chi connectivity index (χ2n) is 4.21. The first-order valence-corrected chi connectivity index (χ1v) is 8.32. The Hall–Kier alpha value is -0.123. The maximum atomic E-state index is 4.10. The summed E-state index contributed by atoms with van der Waals surface area (Å²) >= 11 is 0. The highest BCUT2D eigenvalue weighted by molar-refractivity contribution is 6.79. The summed E-state index contributed by atoms with van der Waals surface area (Å²) in [6.07, 6.45) is 2.59. The van der Waals surface area contributed by atoms with Gasteiger partial charge in [0.25, 0.3) is 0 Å². The highest BCUT2D eigenvalue weighted by Gasteiger charge is 2.37. The lowest BCUT2D eigenvalue weighted by atomic mass is 10.4. The fraction of sp³-hybridized carbons (Fsp3) is 0.833. The first kappa shape index (κ1) is 14.9. The number of rotatable bonds is 8. The summed E-state index contributed by atoms with van der Waals surface area (Å²) in [6.45, 7) is 13.1. The Morgan fingerprint density at radius 3 is 1.80 bits per heavy atom. The lowest BCUT2D eigenvalue weighted by Crippen LogP contribution is -2.61. The van der Waals surface area contributed by atoms with Crippen molar-refractivity contribution in [2.75, 3.05) is 27.2 Å². The minimum atomic E-state index is -1.57. The first-order chi connectivity index (χ1) is 7.08. The van der Waals surface area contributed by atoms with Crippen LogP contribution in [0.3, 0.4) is 0 Å². The predicted octanol–water partition coefficient (Wildman–Crippen LogP) is 2.86. The van der Waals surface area contributed by atoms with Crippen LogP contribution >= 0.6 is 0 Å². The van der Waals surface area contributed by atoms with Gasteiger partial charge in [0.1, 0.15) is 0 Å². The molecule has 3 heteroatoms. The molecule has 0 bridgehead atoms. The van der Waals surface area contributed by atoms with Crippen molar-refractivity contribution in [2.24, 2.45) is 0 Å². The molecule has 0 heterocycles. The fourth-order valence-corrected chi connectivity index (χ4v) is 6.21. The number of hydrogen-bond acceptors (Lipinski definition) is 2. The van der Waals surface area contributed by atoms with Gasteiger partial charge >= 0.3 is 0 Å². The van der Waals surface area contributed by atoms with Gasteiger partial charge in [-0.2, -0.15) is 0 Å². The normalized spacial score (nSPS) is 12.5. The molecule has 0 fully saturated rings. The van der Waals surface area contributed by atoms with Gasteiger partial charge in [0, 0.05) is 0 Å². The summed E-state index contributed by atoms with van der Waals surface area (Å²) in [5.41, 5.74) is 2.25. The van der Waals surface area contributed by atoms with Crippen LogP contribution in [-0.2, 0) is 0 Å². The summed E-state index contributed by atoms with van der Waals surface area (Å²) in [4.78, 5) is 0. The molecular formula is C12H28N2Si. The Bertz CT molecular complexity index is 172. The third-order valence-electron chi connectivity index (χ3n) is 3.50. The quantitative estimate of drug-likeness (QED) is 0.590. The van der Waals surface area contributed by atoms with E-state index in [9.17, 15) is 0 Å². The molecule has 0 aromatic rings. The van der Waals surface area contributed by atoms with E-state index in [2.05, 4.69) is 56.3 Å². The molecule has 15 heavy (non-hydrogen) atoms. The van der Waals surface area contributed by atoms with Crippen LogP contribution in [0, 0.1) is 0 Å². The topological polar surface area (TPSA) is 6.48 Å². The van der Waals surface area contributed by atoms with E-state index in [4.69, 9.17) is 0 Å². The van der Waals surface area contributed by atoms with Crippen molar-refractivity contribution in [3.05, 3.63) is 12.3 Å². The van der Waals surface area contributed by atoms with E-state index in [1.807, 2.05) is 0 Å². The molecule has 2 nitrogen and oxygen atoms in total. The minimum absolute atomic E-state index is 1.12. The average molecular weight is 228 g/mol. The molecule has 90 valence electrons. The maximum Gasteiger partial charge on any atom is 0.231 e.